The average molecular weight is 244 g/mol. The molecule has 1 N–H and O–H groups in total. The molecule has 0 saturated heterocycles. The van der Waals surface area contributed by atoms with Crippen LogP contribution in [0.2, 0.25) is 0 Å². The molecule has 0 atom stereocenters. The van der Waals surface area contributed by atoms with E-state index in [0.29, 0.717) is 5.00 Å². The van der Waals surface area contributed by atoms with Gasteiger partial charge in [-0.1, -0.05) is 0 Å². The van der Waals surface area contributed by atoms with Gasteiger partial charge in [0.1, 0.15) is 10.6 Å². The second-order valence-corrected chi connectivity index (χ2v) is 5.08. The lowest BCUT2D eigenvalue weighted by Crippen LogP contribution is -2.26. The second kappa shape index (κ2) is 4.48. The van der Waals surface area contributed by atoms with Crippen LogP contribution < -0.4 is 5.32 Å². The lowest BCUT2D eigenvalue weighted by molar-refractivity contribution is -0.380. The maximum atomic E-state index is 11.3. The summed E-state index contributed by atoms with van der Waals surface area (Å²) in [5, 5.41) is 13.2. The minimum absolute atomic E-state index is 0.0222. The molecular weight excluding hydrogens is 232 g/mol. The van der Waals surface area contributed by atoms with Gasteiger partial charge in [-0.05, 0) is 38.2 Å². The topological polar surface area (TPSA) is 81.5 Å². The molecule has 0 radical (unpaired) electrons. The van der Waals surface area contributed by atoms with E-state index in [0.717, 1.165) is 11.3 Å². The zero-order valence-electron chi connectivity index (χ0n) is 9.14. The third kappa shape index (κ3) is 3.85. The fourth-order valence-corrected chi connectivity index (χ4v) is 1.60. The summed E-state index contributed by atoms with van der Waals surface area (Å²) in [6, 6.07) is 2.80. The number of carbonyl (C=O) groups is 1. The highest BCUT2D eigenvalue weighted by molar-refractivity contribution is 7.19. The van der Waals surface area contributed by atoms with Crippen LogP contribution in [0.1, 0.15) is 20.8 Å². The van der Waals surface area contributed by atoms with Gasteiger partial charge in [-0.2, -0.15) is 0 Å². The van der Waals surface area contributed by atoms with Crippen molar-refractivity contribution in [2.24, 2.45) is 0 Å². The summed E-state index contributed by atoms with van der Waals surface area (Å²) in [6.07, 6.45) is -0.621. The Balaban J connectivity index is 2.60. The lowest BCUT2D eigenvalue weighted by Gasteiger charge is -2.19. The van der Waals surface area contributed by atoms with Gasteiger partial charge < -0.3 is 4.74 Å². The molecule has 0 aromatic carbocycles. The molecule has 0 saturated carbocycles. The van der Waals surface area contributed by atoms with E-state index >= 15 is 0 Å². The number of carbonyl (C=O) groups excluding carboxylic acids is 1. The number of nitrogens with one attached hydrogen (secondary N) is 1. The van der Waals surface area contributed by atoms with E-state index in [9.17, 15) is 14.9 Å². The largest absolute Gasteiger partial charge is 0.444 e. The number of ether oxygens (including phenoxy) is 1. The summed E-state index contributed by atoms with van der Waals surface area (Å²) >= 11 is 0.884. The Bertz CT molecular complexity index is 408. The normalized spacial score (nSPS) is 10.9. The van der Waals surface area contributed by atoms with Crippen molar-refractivity contribution in [3.63, 3.8) is 0 Å². The van der Waals surface area contributed by atoms with Gasteiger partial charge in [0, 0.05) is 6.07 Å². The summed E-state index contributed by atoms with van der Waals surface area (Å²) in [6.45, 7) is 5.22. The Morgan fingerprint density at radius 1 is 1.50 bits per heavy atom. The number of thiophene rings is 1. The van der Waals surface area contributed by atoms with Crippen molar-refractivity contribution in [2.45, 2.75) is 26.4 Å². The van der Waals surface area contributed by atoms with Gasteiger partial charge in [0.25, 0.3) is 0 Å². The number of nitrogens with zero attached hydrogens (tertiary/aromatic N) is 1. The smallest absolute Gasteiger partial charge is 0.412 e. The van der Waals surface area contributed by atoms with Crippen molar-refractivity contribution in [2.75, 3.05) is 5.32 Å². The fourth-order valence-electron chi connectivity index (χ4n) is 0.897. The number of anilines is 1. The number of hydrogen-bond acceptors (Lipinski definition) is 5. The van der Waals surface area contributed by atoms with Gasteiger partial charge in [0.05, 0.1) is 4.92 Å². The van der Waals surface area contributed by atoms with Crippen LogP contribution in [0.4, 0.5) is 14.8 Å². The summed E-state index contributed by atoms with van der Waals surface area (Å²) < 4.78 is 5.00. The number of hydrogen-bond donors (Lipinski definition) is 1. The molecule has 1 aromatic heterocycles. The molecule has 7 heteroatoms. The predicted octanol–water partition coefficient (Wildman–Crippen LogP) is 3.00. The van der Waals surface area contributed by atoms with E-state index in [-0.39, 0.29) is 5.00 Å². The molecule has 6 nitrogen and oxygen atoms in total. The van der Waals surface area contributed by atoms with Crippen molar-refractivity contribution in [3.8, 4) is 0 Å². The third-order valence-electron chi connectivity index (χ3n) is 1.40. The van der Waals surface area contributed by atoms with Crippen LogP contribution in [-0.2, 0) is 4.74 Å². The molecule has 1 aromatic rings. The summed E-state index contributed by atoms with van der Waals surface area (Å²) in [5.74, 6) is 0. The van der Waals surface area contributed by atoms with Crippen LogP contribution >= 0.6 is 11.3 Å². The Morgan fingerprint density at radius 3 is 2.56 bits per heavy atom. The van der Waals surface area contributed by atoms with Crippen molar-refractivity contribution < 1.29 is 14.5 Å². The monoisotopic (exact) mass is 244 g/mol. The Hall–Kier alpha value is -1.63. The van der Waals surface area contributed by atoms with Crippen LogP contribution in [-0.4, -0.2) is 16.6 Å². The highest BCUT2D eigenvalue weighted by atomic mass is 32.1. The minimum atomic E-state index is -0.621. The molecule has 0 fully saturated rings. The molecule has 0 bridgehead atoms. The van der Waals surface area contributed by atoms with E-state index in [2.05, 4.69) is 5.32 Å². The molecule has 0 spiro atoms. The fraction of sp³-hybridized carbons (Fsp3) is 0.444. The second-order valence-electron chi connectivity index (χ2n) is 4.02. The van der Waals surface area contributed by atoms with Crippen molar-refractivity contribution in [1.29, 1.82) is 0 Å². The Morgan fingerprint density at radius 2 is 2.12 bits per heavy atom. The molecule has 16 heavy (non-hydrogen) atoms. The van der Waals surface area contributed by atoms with Crippen molar-refractivity contribution in [3.05, 3.63) is 22.2 Å². The Labute approximate surface area is 96.4 Å². The minimum Gasteiger partial charge on any atom is -0.444 e. The summed E-state index contributed by atoms with van der Waals surface area (Å²) in [4.78, 5) is 21.2. The molecule has 1 amide bonds. The zero-order chi connectivity index (χ0) is 12.3. The van der Waals surface area contributed by atoms with Gasteiger partial charge in [0.15, 0.2) is 0 Å². The van der Waals surface area contributed by atoms with E-state index in [1.807, 2.05) is 0 Å². The van der Waals surface area contributed by atoms with Crippen LogP contribution in [0.3, 0.4) is 0 Å². The lowest BCUT2D eigenvalue weighted by atomic mass is 10.2. The quantitative estimate of drug-likeness (QED) is 0.640. The molecule has 0 aliphatic carbocycles. The highest BCUT2D eigenvalue weighted by Gasteiger charge is 2.18. The number of nitro groups is 1. The number of rotatable bonds is 2. The summed E-state index contributed by atoms with van der Waals surface area (Å²) in [7, 11) is 0. The third-order valence-corrected chi connectivity index (χ3v) is 2.35. The first-order valence-corrected chi connectivity index (χ1v) is 5.34. The van der Waals surface area contributed by atoms with Gasteiger partial charge in [-0.25, -0.2) is 4.79 Å². The predicted molar refractivity (Wildman–Crippen MR) is 60.8 cm³/mol. The summed E-state index contributed by atoms with van der Waals surface area (Å²) in [5.41, 5.74) is -0.590. The van der Waals surface area contributed by atoms with Crippen LogP contribution in [0.25, 0.3) is 0 Å². The van der Waals surface area contributed by atoms with E-state index in [1.54, 1.807) is 20.8 Å². The molecule has 0 unspecified atom stereocenters. The van der Waals surface area contributed by atoms with Gasteiger partial charge in [-0.15, -0.1) is 0 Å². The molecule has 1 heterocycles. The first kappa shape index (κ1) is 12.4. The number of amides is 1. The molecule has 0 aliphatic rings. The van der Waals surface area contributed by atoms with Crippen molar-refractivity contribution >= 4 is 27.4 Å². The molecular formula is C9H12N2O4S. The van der Waals surface area contributed by atoms with E-state index in [1.165, 1.54) is 12.1 Å². The highest BCUT2D eigenvalue weighted by Crippen LogP contribution is 2.28. The average Bonchev–Trinajstić information content (AvgIpc) is 2.48. The molecule has 88 valence electrons. The van der Waals surface area contributed by atoms with Gasteiger partial charge in [-0.3, -0.25) is 15.4 Å². The first-order chi connectivity index (χ1) is 7.28. The maximum absolute atomic E-state index is 11.3. The van der Waals surface area contributed by atoms with Crippen LogP contribution in [0.15, 0.2) is 12.1 Å². The zero-order valence-corrected chi connectivity index (χ0v) is 9.96. The Kier molecular flexibility index (Phi) is 3.48. The van der Waals surface area contributed by atoms with E-state index in [4.69, 9.17) is 4.74 Å². The van der Waals surface area contributed by atoms with Crippen LogP contribution in [0, 0.1) is 10.1 Å². The molecule has 1 rings (SSSR count). The van der Waals surface area contributed by atoms with Crippen molar-refractivity contribution in [1.82, 2.24) is 0 Å². The van der Waals surface area contributed by atoms with E-state index < -0.39 is 16.6 Å². The SMILES string of the molecule is CC(C)(C)OC(=O)Nc1ccc([N+](=O)[O-])s1. The van der Waals surface area contributed by atoms with Crippen LogP contribution in [0.5, 0.6) is 0 Å². The van der Waals surface area contributed by atoms with Gasteiger partial charge in [0.2, 0.25) is 0 Å². The standard InChI is InChI=1S/C9H12N2O4S/c1-9(2,3)15-8(12)10-6-4-5-7(16-6)11(13)14/h4-5H,1-3H3,(H,10,12). The maximum Gasteiger partial charge on any atom is 0.412 e. The first-order valence-electron chi connectivity index (χ1n) is 4.52. The van der Waals surface area contributed by atoms with Gasteiger partial charge >= 0.3 is 11.1 Å². The molecule has 0 aliphatic heterocycles.